The van der Waals surface area contributed by atoms with Crippen molar-refractivity contribution in [2.45, 2.75) is 19.4 Å². The van der Waals surface area contributed by atoms with Gasteiger partial charge >= 0.3 is 12.1 Å². The highest BCUT2D eigenvalue weighted by Gasteiger charge is 2.24. The molecule has 1 saturated heterocycles. The topological polar surface area (TPSA) is 64.6 Å². The highest BCUT2D eigenvalue weighted by Crippen LogP contribution is 2.02. The van der Waals surface area contributed by atoms with Crippen molar-refractivity contribution in [2.24, 2.45) is 0 Å². The fourth-order valence-electron chi connectivity index (χ4n) is 0.957. The minimum atomic E-state index is -0.468. The highest BCUT2D eigenvalue weighted by atomic mass is 16.6. The Morgan fingerprint density at radius 2 is 2.58 bits per heavy atom. The van der Waals surface area contributed by atoms with E-state index in [9.17, 15) is 9.59 Å². The molecule has 1 atom stereocenters. The van der Waals surface area contributed by atoms with E-state index < -0.39 is 6.09 Å². The summed E-state index contributed by atoms with van der Waals surface area (Å²) in [6.45, 7) is 2.35. The van der Waals surface area contributed by atoms with Gasteiger partial charge in [0, 0.05) is 0 Å². The quantitative estimate of drug-likeness (QED) is 0.612. The highest BCUT2D eigenvalue weighted by molar-refractivity contribution is 5.74. The van der Waals surface area contributed by atoms with Gasteiger partial charge in [0.05, 0.1) is 19.1 Å². The molecule has 0 spiro atoms. The van der Waals surface area contributed by atoms with Gasteiger partial charge in [-0.1, -0.05) is 0 Å². The van der Waals surface area contributed by atoms with Gasteiger partial charge in [0.2, 0.25) is 0 Å². The van der Waals surface area contributed by atoms with Crippen molar-refractivity contribution in [3.63, 3.8) is 0 Å². The van der Waals surface area contributed by atoms with E-state index in [1.165, 1.54) is 0 Å². The second-order valence-electron chi connectivity index (χ2n) is 2.45. The number of alkyl carbamates (subject to hydrolysis) is 1. The summed E-state index contributed by atoms with van der Waals surface area (Å²) in [4.78, 5) is 21.4. The summed E-state index contributed by atoms with van der Waals surface area (Å²) in [5, 5.41) is 2.48. The summed E-state index contributed by atoms with van der Waals surface area (Å²) < 4.78 is 9.28. The predicted molar refractivity (Wildman–Crippen MR) is 39.5 cm³/mol. The molecule has 0 aromatic carbocycles. The average Bonchev–Trinajstić information content (AvgIpc) is 2.36. The van der Waals surface area contributed by atoms with Crippen molar-refractivity contribution in [3.05, 3.63) is 0 Å². The Morgan fingerprint density at radius 3 is 3.08 bits per heavy atom. The summed E-state index contributed by atoms with van der Waals surface area (Å²) in [7, 11) is 0. The predicted octanol–water partition coefficient (Wildman–Crippen LogP) is 0.0480. The van der Waals surface area contributed by atoms with Crippen LogP contribution in [0.15, 0.2) is 0 Å². The van der Waals surface area contributed by atoms with Crippen molar-refractivity contribution >= 4 is 12.1 Å². The molecule has 1 aliphatic heterocycles. The molecule has 68 valence electrons. The number of esters is 1. The van der Waals surface area contributed by atoms with Crippen LogP contribution in [0.5, 0.6) is 0 Å². The Hall–Kier alpha value is -1.26. The van der Waals surface area contributed by atoms with E-state index in [-0.39, 0.29) is 25.0 Å². The number of amides is 1. The molecule has 5 nitrogen and oxygen atoms in total. The van der Waals surface area contributed by atoms with Crippen molar-refractivity contribution in [1.29, 1.82) is 0 Å². The number of rotatable bonds is 3. The van der Waals surface area contributed by atoms with Gasteiger partial charge in [-0.3, -0.25) is 4.79 Å². The van der Waals surface area contributed by atoms with E-state index in [0.29, 0.717) is 6.61 Å². The van der Waals surface area contributed by atoms with Crippen LogP contribution in [0.1, 0.15) is 13.3 Å². The van der Waals surface area contributed by atoms with Gasteiger partial charge < -0.3 is 14.8 Å². The molecule has 0 bridgehead atoms. The van der Waals surface area contributed by atoms with Crippen molar-refractivity contribution in [2.75, 3.05) is 13.2 Å². The van der Waals surface area contributed by atoms with Crippen LogP contribution in [0.2, 0.25) is 0 Å². The third-order valence-electron chi connectivity index (χ3n) is 1.46. The molecule has 1 fully saturated rings. The molecule has 0 aliphatic carbocycles. The molecule has 0 aromatic heterocycles. The molecule has 5 heteroatoms. The van der Waals surface area contributed by atoms with Gasteiger partial charge in [-0.15, -0.1) is 0 Å². The first-order valence-corrected chi connectivity index (χ1v) is 3.81. The maximum atomic E-state index is 10.9. The smallest absolute Gasteiger partial charge is 0.407 e. The van der Waals surface area contributed by atoms with Crippen molar-refractivity contribution < 1.29 is 19.1 Å². The first-order chi connectivity index (χ1) is 5.72. The maximum Gasteiger partial charge on any atom is 0.407 e. The largest absolute Gasteiger partial charge is 0.466 e. The molecular weight excluding hydrogens is 162 g/mol. The van der Waals surface area contributed by atoms with Gasteiger partial charge in [0.1, 0.15) is 6.61 Å². The van der Waals surface area contributed by atoms with Crippen LogP contribution in [0, 0.1) is 0 Å². The summed E-state index contributed by atoms with van der Waals surface area (Å²) in [5.74, 6) is -0.312. The number of ether oxygens (including phenoxy) is 2. The molecule has 1 heterocycles. The number of nitrogens with one attached hydrogen (secondary N) is 1. The van der Waals surface area contributed by atoms with E-state index in [1.54, 1.807) is 6.92 Å². The van der Waals surface area contributed by atoms with E-state index in [4.69, 9.17) is 4.74 Å². The molecule has 1 amide bonds. The monoisotopic (exact) mass is 173 g/mol. The van der Waals surface area contributed by atoms with E-state index in [1.807, 2.05) is 0 Å². The van der Waals surface area contributed by atoms with Gasteiger partial charge in [-0.05, 0) is 6.92 Å². The maximum absolute atomic E-state index is 10.9. The van der Waals surface area contributed by atoms with Crippen LogP contribution in [-0.4, -0.2) is 31.3 Å². The lowest BCUT2D eigenvalue weighted by Crippen LogP contribution is -2.29. The number of carbonyl (C=O) groups is 2. The molecule has 0 unspecified atom stereocenters. The van der Waals surface area contributed by atoms with Crippen LogP contribution in [0.4, 0.5) is 4.79 Å². The fraction of sp³-hybridized carbons (Fsp3) is 0.714. The van der Waals surface area contributed by atoms with Crippen LogP contribution in [0.3, 0.4) is 0 Å². The third-order valence-corrected chi connectivity index (χ3v) is 1.46. The first-order valence-electron chi connectivity index (χ1n) is 3.81. The van der Waals surface area contributed by atoms with Gasteiger partial charge in [0.25, 0.3) is 0 Å². The van der Waals surface area contributed by atoms with E-state index in [0.717, 1.165) is 0 Å². The summed E-state index contributed by atoms with van der Waals surface area (Å²) in [5.41, 5.74) is 0. The summed E-state index contributed by atoms with van der Waals surface area (Å²) in [6, 6.07) is -0.225. The number of cyclic esters (lactones) is 1. The Bertz CT molecular complexity index is 192. The molecule has 1 rings (SSSR count). The third kappa shape index (κ3) is 2.41. The van der Waals surface area contributed by atoms with Crippen LogP contribution in [-0.2, 0) is 14.3 Å². The minimum absolute atomic E-state index is 0.180. The zero-order valence-electron chi connectivity index (χ0n) is 6.83. The van der Waals surface area contributed by atoms with E-state index >= 15 is 0 Å². The number of hydrogen-bond donors (Lipinski definition) is 1. The molecule has 0 saturated carbocycles. The average molecular weight is 173 g/mol. The Balaban J connectivity index is 2.23. The van der Waals surface area contributed by atoms with Gasteiger partial charge in [-0.2, -0.15) is 0 Å². The zero-order valence-corrected chi connectivity index (χ0v) is 6.83. The molecule has 12 heavy (non-hydrogen) atoms. The second kappa shape index (κ2) is 3.94. The normalized spacial score (nSPS) is 21.4. The lowest BCUT2D eigenvalue weighted by Gasteiger charge is -2.05. The Kier molecular flexibility index (Phi) is 2.90. The fourth-order valence-corrected chi connectivity index (χ4v) is 0.957. The first kappa shape index (κ1) is 8.83. The van der Waals surface area contributed by atoms with Gasteiger partial charge in [0.15, 0.2) is 0 Å². The van der Waals surface area contributed by atoms with E-state index in [2.05, 4.69) is 10.1 Å². The minimum Gasteiger partial charge on any atom is -0.466 e. The zero-order chi connectivity index (χ0) is 8.97. The van der Waals surface area contributed by atoms with Crippen LogP contribution >= 0.6 is 0 Å². The second-order valence-corrected chi connectivity index (χ2v) is 2.45. The Labute approximate surface area is 70.0 Å². The van der Waals surface area contributed by atoms with Crippen LogP contribution in [0.25, 0.3) is 0 Å². The molecule has 0 radical (unpaired) electrons. The van der Waals surface area contributed by atoms with Crippen molar-refractivity contribution in [3.8, 4) is 0 Å². The number of hydrogen-bond acceptors (Lipinski definition) is 4. The molecular formula is C7H11NO4. The molecule has 1 aliphatic rings. The standard InChI is InChI=1S/C7H11NO4/c1-2-11-6(9)3-5-4-12-7(10)8-5/h5H,2-4H2,1H3,(H,8,10)/t5-/m0/s1. The van der Waals surface area contributed by atoms with Gasteiger partial charge in [-0.25, -0.2) is 4.79 Å². The molecule has 0 aromatic rings. The molecule has 1 N–H and O–H groups in total. The Morgan fingerprint density at radius 1 is 1.83 bits per heavy atom. The van der Waals surface area contributed by atoms with Crippen molar-refractivity contribution in [1.82, 2.24) is 5.32 Å². The SMILES string of the molecule is CCOC(=O)C[C@H]1COC(=O)N1. The lowest BCUT2D eigenvalue weighted by molar-refractivity contribution is -0.143. The summed E-state index contributed by atoms with van der Waals surface area (Å²) in [6.07, 6.45) is -0.288. The summed E-state index contributed by atoms with van der Waals surface area (Å²) >= 11 is 0. The van der Waals surface area contributed by atoms with Crippen LogP contribution < -0.4 is 5.32 Å². The lowest BCUT2D eigenvalue weighted by atomic mass is 10.2. The number of carbonyl (C=O) groups excluding carboxylic acids is 2.